The van der Waals surface area contributed by atoms with E-state index in [0.29, 0.717) is 11.6 Å². The van der Waals surface area contributed by atoms with Crippen LogP contribution >= 0.6 is 0 Å². The summed E-state index contributed by atoms with van der Waals surface area (Å²) in [4.78, 5) is 11.7. The third-order valence-corrected chi connectivity index (χ3v) is 3.70. The lowest BCUT2D eigenvalue weighted by molar-refractivity contribution is 0.479. The van der Waals surface area contributed by atoms with Crippen LogP contribution < -0.4 is 16.3 Å². The van der Waals surface area contributed by atoms with Crippen molar-refractivity contribution in [3.05, 3.63) is 46.8 Å². The summed E-state index contributed by atoms with van der Waals surface area (Å²) in [7, 11) is 0. The van der Waals surface area contributed by atoms with E-state index in [0.717, 1.165) is 42.6 Å². The maximum atomic E-state index is 11.7. The van der Waals surface area contributed by atoms with Gasteiger partial charge in [-0.05, 0) is 43.6 Å². The summed E-state index contributed by atoms with van der Waals surface area (Å²) in [6, 6.07) is 7.65. The number of hydrogen-bond donors (Lipinski definition) is 2. The standard InChI is InChI=1S/C16H18N2O2/c1-2-11-3-4-15-13(9-11)14(10-16(19)20-15)18-12-5-7-17-8-6-12/h2-4,9-10,12,17-18H,1,5-8H2. The molecule has 104 valence electrons. The molecule has 1 fully saturated rings. The van der Waals surface area contributed by atoms with Crippen LogP contribution in [0.25, 0.3) is 17.0 Å². The predicted octanol–water partition coefficient (Wildman–Crippen LogP) is 2.60. The molecule has 0 spiro atoms. The fourth-order valence-corrected chi connectivity index (χ4v) is 2.61. The first kappa shape index (κ1) is 12.9. The minimum atomic E-state index is -0.319. The molecule has 0 unspecified atom stereocenters. The minimum absolute atomic E-state index is 0.319. The number of rotatable bonds is 3. The molecule has 1 aromatic carbocycles. The molecule has 1 aliphatic rings. The molecule has 3 rings (SSSR count). The zero-order valence-electron chi connectivity index (χ0n) is 11.3. The van der Waals surface area contributed by atoms with Gasteiger partial charge in [0, 0.05) is 17.5 Å². The van der Waals surface area contributed by atoms with Crippen molar-refractivity contribution in [1.29, 1.82) is 0 Å². The largest absolute Gasteiger partial charge is 0.423 e. The molecule has 1 saturated heterocycles. The lowest BCUT2D eigenvalue weighted by Gasteiger charge is -2.25. The third kappa shape index (κ3) is 2.60. The highest BCUT2D eigenvalue weighted by Crippen LogP contribution is 2.25. The molecule has 0 atom stereocenters. The quantitative estimate of drug-likeness (QED) is 0.842. The predicted molar refractivity (Wildman–Crippen MR) is 82.1 cm³/mol. The van der Waals surface area contributed by atoms with Gasteiger partial charge in [0.25, 0.3) is 0 Å². The number of benzene rings is 1. The summed E-state index contributed by atoms with van der Waals surface area (Å²) in [6.45, 7) is 5.80. The highest BCUT2D eigenvalue weighted by atomic mass is 16.4. The Morgan fingerprint density at radius 1 is 1.30 bits per heavy atom. The van der Waals surface area contributed by atoms with Crippen molar-refractivity contribution in [3.8, 4) is 0 Å². The van der Waals surface area contributed by atoms with Gasteiger partial charge < -0.3 is 15.1 Å². The van der Waals surface area contributed by atoms with Crippen molar-refractivity contribution in [2.24, 2.45) is 0 Å². The Labute approximate surface area is 117 Å². The Bertz CT molecular complexity index is 684. The number of piperidine rings is 1. The van der Waals surface area contributed by atoms with Gasteiger partial charge in [0.15, 0.2) is 0 Å². The SMILES string of the molecule is C=Cc1ccc2oc(=O)cc(NC3CCNCC3)c2c1. The Hall–Kier alpha value is -2.07. The van der Waals surface area contributed by atoms with E-state index in [1.165, 1.54) is 6.07 Å². The van der Waals surface area contributed by atoms with Gasteiger partial charge in [-0.2, -0.15) is 0 Å². The van der Waals surface area contributed by atoms with Gasteiger partial charge in [-0.3, -0.25) is 0 Å². The molecule has 2 heterocycles. The van der Waals surface area contributed by atoms with Crippen LogP contribution in [0.2, 0.25) is 0 Å². The molecule has 1 aromatic heterocycles. The van der Waals surface area contributed by atoms with E-state index in [9.17, 15) is 4.79 Å². The summed E-state index contributed by atoms with van der Waals surface area (Å²) >= 11 is 0. The average molecular weight is 270 g/mol. The topological polar surface area (TPSA) is 54.3 Å². The molecule has 2 N–H and O–H groups in total. The van der Waals surface area contributed by atoms with Crippen LogP contribution in [0.15, 0.2) is 40.1 Å². The Morgan fingerprint density at radius 3 is 2.85 bits per heavy atom. The molecule has 2 aromatic rings. The van der Waals surface area contributed by atoms with E-state index >= 15 is 0 Å². The van der Waals surface area contributed by atoms with Gasteiger partial charge in [-0.25, -0.2) is 4.79 Å². The molecule has 4 heteroatoms. The third-order valence-electron chi connectivity index (χ3n) is 3.70. The Kier molecular flexibility index (Phi) is 3.56. The number of nitrogens with one attached hydrogen (secondary N) is 2. The summed E-state index contributed by atoms with van der Waals surface area (Å²) in [6.07, 6.45) is 3.91. The lowest BCUT2D eigenvalue weighted by Crippen LogP contribution is -2.35. The highest BCUT2D eigenvalue weighted by Gasteiger charge is 2.14. The van der Waals surface area contributed by atoms with Gasteiger partial charge in [-0.1, -0.05) is 18.7 Å². The average Bonchev–Trinajstić information content (AvgIpc) is 2.48. The first-order valence-corrected chi connectivity index (χ1v) is 6.94. The number of anilines is 1. The molecule has 0 saturated carbocycles. The molecular formula is C16H18N2O2. The molecule has 0 bridgehead atoms. The van der Waals surface area contributed by atoms with E-state index in [-0.39, 0.29) is 5.63 Å². The second-order valence-corrected chi connectivity index (χ2v) is 5.11. The number of hydrogen-bond acceptors (Lipinski definition) is 4. The molecule has 0 aliphatic carbocycles. The van der Waals surface area contributed by atoms with Crippen LogP contribution in [0.3, 0.4) is 0 Å². The maximum Gasteiger partial charge on any atom is 0.338 e. The van der Waals surface area contributed by atoms with Crippen molar-refractivity contribution in [3.63, 3.8) is 0 Å². The first-order chi connectivity index (χ1) is 9.76. The Morgan fingerprint density at radius 2 is 2.10 bits per heavy atom. The highest BCUT2D eigenvalue weighted by molar-refractivity contribution is 5.91. The van der Waals surface area contributed by atoms with Gasteiger partial charge >= 0.3 is 5.63 Å². The van der Waals surface area contributed by atoms with Crippen LogP contribution in [0.1, 0.15) is 18.4 Å². The van der Waals surface area contributed by atoms with Crippen LogP contribution in [-0.4, -0.2) is 19.1 Å². The van der Waals surface area contributed by atoms with Crippen LogP contribution in [0.4, 0.5) is 5.69 Å². The van der Waals surface area contributed by atoms with E-state index in [4.69, 9.17) is 4.42 Å². The molecule has 20 heavy (non-hydrogen) atoms. The second kappa shape index (κ2) is 5.51. The first-order valence-electron chi connectivity index (χ1n) is 6.94. The van der Waals surface area contributed by atoms with E-state index < -0.39 is 0 Å². The van der Waals surface area contributed by atoms with Crippen molar-refractivity contribution in [1.82, 2.24) is 5.32 Å². The number of fused-ring (bicyclic) bond motifs is 1. The van der Waals surface area contributed by atoms with Gasteiger partial charge in [-0.15, -0.1) is 0 Å². The van der Waals surface area contributed by atoms with E-state index in [1.807, 2.05) is 18.2 Å². The molecule has 1 aliphatic heterocycles. The summed E-state index contributed by atoms with van der Waals surface area (Å²) in [5.41, 5.74) is 2.16. The van der Waals surface area contributed by atoms with E-state index in [2.05, 4.69) is 17.2 Å². The van der Waals surface area contributed by atoms with Crippen LogP contribution in [0, 0.1) is 0 Å². The zero-order valence-corrected chi connectivity index (χ0v) is 11.3. The van der Waals surface area contributed by atoms with Crippen LogP contribution in [-0.2, 0) is 0 Å². The molecular weight excluding hydrogens is 252 g/mol. The van der Waals surface area contributed by atoms with Crippen molar-refractivity contribution >= 4 is 22.7 Å². The normalized spacial score (nSPS) is 16.2. The monoisotopic (exact) mass is 270 g/mol. The summed E-state index contributed by atoms with van der Waals surface area (Å²) in [5.74, 6) is 0. The van der Waals surface area contributed by atoms with Gasteiger partial charge in [0.2, 0.25) is 0 Å². The minimum Gasteiger partial charge on any atom is -0.423 e. The summed E-state index contributed by atoms with van der Waals surface area (Å²) in [5, 5.41) is 7.75. The fourth-order valence-electron chi connectivity index (χ4n) is 2.61. The van der Waals surface area contributed by atoms with Crippen molar-refractivity contribution in [2.45, 2.75) is 18.9 Å². The van der Waals surface area contributed by atoms with Crippen molar-refractivity contribution in [2.75, 3.05) is 18.4 Å². The Balaban J connectivity index is 2.02. The summed E-state index contributed by atoms with van der Waals surface area (Å²) < 4.78 is 5.25. The van der Waals surface area contributed by atoms with Crippen molar-refractivity contribution < 1.29 is 4.42 Å². The maximum absolute atomic E-state index is 11.7. The van der Waals surface area contributed by atoms with Gasteiger partial charge in [0.05, 0.1) is 5.69 Å². The van der Waals surface area contributed by atoms with E-state index in [1.54, 1.807) is 6.08 Å². The molecule has 0 radical (unpaired) electrons. The molecule has 0 amide bonds. The fraction of sp³-hybridized carbons (Fsp3) is 0.312. The van der Waals surface area contributed by atoms with Gasteiger partial charge in [0.1, 0.15) is 5.58 Å². The zero-order chi connectivity index (χ0) is 13.9. The van der Waals surface area contributed by atoms with Crippen LogP contribution in [0.5, 0.6) is 0 Å². The molecule has 4 nitrogen and oxygen atoms in total. The smallest absolute Gasteiger partial charge is 0.338 e. The lowest BCUT2D eigenvalue weighted by atomic mass is 10.1. The second-order valence-electron chi connectivity index (χ2n) is 5.11.